The van der Waals surface area contributed by atoms with Crippen molar-refractivity contribution >= 4 is 23.1 Å². The number of H-pyrrole nitrogens is 1. The van der Waals surface area contributed by atoms with Crippen molar-refractivity contribution in [3.8, 4) is 22.4 Å². The Balaban J connectivity index is 1.88. The van der Waals surface area contributed by atoms with Crippen LogP contribution >= 0.6 is 11.6 Å². The Labute approximate surface area is 141 Å². The van der Waals surface area contributed by atoms with Gasteiger partial charge in [0.2, 0.25) is 5.65 Å². The van der Waals surface area contributed by atoms with E-state index in [1.165, 1.54) is 12.3 Å². The Hall–Kier alpha value is -3.17. The van der Waals surface area contributed by atoms with Crippen LogP contribution in [-0.2, 0) is 0 Å². The average molecular weight is 338 g/mol. The molecular formula is C17H9ClFN5. The van der Waals surface area contributed by atoms with Crippen LogP contribution in [-0.4, -0.2) is 19.6 Å². The Bertz CT molecular complexity index is 1110. The minimum absolute atomic E-state index is 0.0494. The number of hydrogen-bond donors (Lipinski definition) is 1. The average Bonchev–Trinajstić information content (AvgIpc) is 3.23. The van der Waals surface area contributed by atoms with E-state index >= 15 is 0 Å². The first-order chi connectivity index (χ1) is 11.7. The third-order valence-electron chi connectivity index (χ3n) is 3.76. The Morgan fingerprint density at radius 3 is 2.79 bits per heavy atom. The van der Waals surface area contributed by atoms with E-state index in [0.717, 1.165) is 22.4 Å². The van der Waals surface area contributed by atoms with E-state index in [4.69, 9.17) is 18.2 Å². The van der Waals surface area contributed by atoms with Gasteiger partial charge in [-0.25, -0.2) is 13.8 Å². The van der Waals surface area contributed by atoms with Crippen LogP contribution in [0.4, 0.5) is 10.2 Å². The number of benzene rings is 1. The fraction of sp³-hybridized carbons (Fsp3) is 0. The summed E-state index contributed by atoms with van der Waals surface area (Å²) in [5, 5.41) is 7.06. The lowest BCUT2D eigenvalue weighted by Gasteiger charge is -2.05. The maximum atomic E-state index is 13.4. The topological polar surface area (TPSA) is 50.3 Å². The SMILES string of the molecule is [C-]#[N+]c1cnc2ccc(-c3cn[nH]c3-c3ccc(F)c(Cl)c3)cn12. The molecule has 0 aliphatic rings. The van der Waals surface area contributed by atoms with Crippen LogP contribution in [0.5, 0.6) is 0 Å². The molecule has 0 aliphatic heterocycles. The van der Waals surface area contributed by atoms with Gasteiger partial charge in [-0.1, -0.05) is 18.2 Å². The normalized spacial score (nSPS) is 10.9. The van der Waals surface area contributed by atoms with Crippen LogP contribution in [0.15, 0.2) is 48.9 Å². The van der Waals surface area contributed by atoms with Crippen LogP contribution in [0.1, 0.15) is 0 Å². The van der Waals surface area contributed by atoms with Crippen molar-refractivity contribution in [3.63, 3.8) is 0 Å². The molecule has 1 N–H and O–H groups in total. The minimum atomic E-state index is -0.469. The predicted molar refractivity (Wildman–Crippen MR) is 89.4 cm³/mol. The minimum Gasteiger partial charge on any atom is -0.362 e. The molecule has 0 bridgehead atoms. The zero-order valence-electron chi connectivity index (χ0n) is 12.2. The molecule has 4 rings (SSSR count). The summed E-state index contributed by atoms with van der Waals surface area (Å²) in [5.41, 5.74) is 3.82. The number of imidazole rings is 1. The molecule has 5 nitrogen and oxygen atoms in total. The number of fused-ring (bicyclic) bond motifs is 1. The summed E-state index contributed by atoms with van der Waals surface area (Å²) < 4.78 is 15.1. The standard InChI is InChI=1S/C17H9ClFN5/c1-20-16-8-21-15-5-3-11(9-24(15)16)12-7-22-23-17(12)10-2-4-14(19)13(18)6-10/h2-9H,(H,22,23). The van der Waals surface area contributed by atoms with Gasteiger partial charge in [0.05, 0.1) is 29.3 Å². The largest absolute Gasteiger partial charge is 0.362 e. The molecule has 0 aliphatic carbocycles. The van der Waals surface area contributed by atoms with Crippen LogP contribution in [0.3, 0.4) is 0 Å². The molecule has 0 amide bonds. The van der Waals surface area contributed by atoms with Gasteiger partial charge in [-0.2, -0.15) is 5.10 Å². The summed E-state index contributed by atoms with van der Waals surface area (Å²) in [6.07, 6.45) is 5.04. The summed E-state index contributed by atoms with van der Waals surface area (Å²) in [5.74, 6) is -0.0373. The second kappa shape index (κ2) is 5.48. The van der Waals surface area contributed by atoms with E-state index in [1.807, 2.05) is 18.3 Å². The quantitative estimate of drug-likeness (QED) is 0.537. The van der Waals surface area contributed by atoms with Gasteiger partial charge >= 0.3 is 0 Å². The number of halogens is 2. The summed E-state index contributed by atoms with van der Waals surface area (Å²) in [6.45, 7) is 7.20. The van der Waals surface area contributed by atoms with E-state index < -0.39 is 5.82 Å². The highest BCUT2D eigenvalue weighted by atomic mass is 35.5. The van der Waals surface area contributed by atoms with Crippen molar-refractivity contribution in [2.75, 3.05) is 0 Å². The number of nitrogens with one attached hydrogen (secondary N) is 1. The summed E-state index contributed by atoms with van der Waals surface area (Å²) >= 11 is 5.88. The molecule has 0 saturated carbocycles. The van der Waals surface area contributed by atoms with Gasteiger partial charge in [0.15, 0.2) is 0 Å². The van der Waals surface area contributed by atoms with Crippen LogP contribution in [0, 0.1) is 12.4 Å². The van der Waals surface area contributed by atoms with Crippen molar-refractivity contribution in [2.45, 2.75) is 0 Å². The summed E-state index contributed by atoms with van der Waals surface area (Å²) in [6, 6.07) is 8.24. The zero-order chi connectivity index (χ0) is 16.7. The summed E-state index contributed by atoms with van der Waals surface area (Å²) in [7, 11) is 0. The monoisotopic (exact) mass is 337 g/mol. The van der Waals surface area contributed by atoms with Gasteiger partial charge in [-0.05, 0) is 24.3 Å². The number of rotatable bonds is 2. The van der Waals surface area contributed by atoms with E-state index in [0.29, 0.717) is 11.5 Å². The van der Waals surface area contributed by atoms with Gasteiger partial charge in [0.1, 0.15) is 5.82 Å². The Morgan fingerprint density at radius 1 is 1.17 bits per heavy atom. The van der Waals surface area contributed by atoms with E-state index in [-0.39, 0.29) is 5.02 Å². The van der Waals surface area contributed by atoms with Crippen LogP contribution in [0.2, 0.25) is 5.02 Å². The fourth-order valence-electron chi connectivity index (χ4n) is 2.59. The van der Waals surface area contributed by atoms with E-state index in [9.17, 15) is 4.39 Å². The van der Waals surface area contributed by atoms with E-state index in [2.05, 4.69) is 20.0 Å². The molecule has 0 fully saturated rings. The Kier molecular flexibility index (Phi) is 3.29. The highest BCUT2D eigenvalue weighted by Gasteiger charge is 2.14. The molecule has 7 heteroatoms. The molecular weight excluding hydrogens is 329 g/mol. The lowest BCUT2D eigenvalue weighted by Crippen LogP contribution is -1.88. The zero-order valence-corrected chi connectivity index (χ0v) is 12.9. The first-order valence-electron chi connectivity index (χ1n) is 7.01. The number of nitrogens with zero attached hydrogens (tertiary/aromatic N) is 4. The van der Waals surface area contributed by atoms with Gasteiger partial charge in [-0.3, -0.25) is 5.10 Å². The molecule has 0 saturated heterocycles. The highest BCUT2D eigenvalue weighted by Crippen LogP contribution is 2.32. The molecule has 0 atom stereocenters. The fourth-order valence-corrected chi connectivity index (χ4v) is 2.77. The molecule has 0 spiro atoms. The molecule has 0 radical (unpaired) electrons. The van der Waals surface area contributed by atoms with Gasteiger partial charge in [0.25, 0.3) is 5.82 Å². The lowest BCUT2D eigenvalue weighted by atomic mass is 10.0. The second-order valence-corrected chi connectivity index (χ2v) is 5.57. The molecule has 3 heterocycles. The van der Waals surface area contributed by atoms with Crippen molar-refractivity contribution in [1.82, 2.24) is 19.6 Å². The third-order valence-corrected chi connectivity index (χ3v) is 4.05. The summed E-state index contributed by atoms with van der Waals surface area (Å²) in [4.78, 5) is 7.63. The first-order valence-corrected chi connectivity index (χ1v) is 7.39. The smallest absolute Gasteiger partial charge is 0.254 e. The number of aromatic amines is 1. The van der Waals surface area contributed by atoms with E-state index in [1.54, 1.807) is 22.7 Å². The highest BCUT2D eigenvalue weighted by molar-refractivity contribution is 6.31. The van der Waals surface area contributed by atoms with Crippen LogP contribution in [0.25, 0.3) is 32.9 Å². The third kappa shape index (κ3) is 2.23. The number of hydrogen-bond acceptors (Lipinski definition) is 2. The van der Waals surface area contributed by atoms with Gasteiger partial charge in [0, 0.05) is 22.8 Å². The number of aromatic nitrogens is 4. The second-order valence-electron chi connectivity index (χ2n) is 5.16. The first kappa shape index (κ1) is 14.4. The van der Waals surface area contributed by atoms with Crippen molar-refractivity contribution in [2.24, 2.45) is 0 Å². The molecule has 1 aromatic carbocycles. The lowest BCUT2D eigenvalue weighted by molar-refractivity contribution is 0.628. The predicted octanol–water partition coefficient (Wildman–Crippen LogP) is 4.73. The maximum absolute atomic E-state index is 13.4. The van der Waals surface area contributed by atoms with Crippen molar-refractivity contribution < 1.29 is 4.39 Å². The molecule has 24 heavy (non-hydrogen) atoms. The molecule has 0 unspecified atom stereocenters. The molecule has 4 aromatic rings. The van der Waals surface area contributed by atoms with Crippen LogP contribution < -0.4 is 0 Å². The molecule has 116 valence electrons. The van der Waals surface area contributed by atoms with Gasteiger partial charge in [-0.15, -0.1) is 0 Å². The van der Waals surface area contributed by atoms with Crippen molar-refractivity contribution in [1.29, 1.82) is 0 Å². The molecule has 3 aromatic heterocycles. The number of pyridine rings is 1. The Morgan fingerprint density at radius 2 is 2.00 bits per heavy atom. The van der Waals surface area contributed by atoms with Gasteiger partial charge < -0.3 is 4.85 Å². The maximum Gasteiger partial charge on any atom is 0.254 e. The van der Waals surface area contributed by atoms with Crippen molar-refractivity contribution in [3.05, 3.63) is 71.2 Å².